The fourth-order valence-corrected chi connectivity index (χ4v) is 2.48. The normalized spacial score (nSPS) is 11.1. The predicted octanol–water partition coefficient (Wildman–Crippen LogP) is 4.71. The SMILES string of the molecule is COC(=O)C(C)(C)CCCOc1cccc(-c2ccccc2)c1. The minimum absolute atomic E-state index is 0.177. The minimum Gasteiger partial charge on any atom is -0.494 e. The summed E-state index contributed by atoms with van der Waals surface area (Å²) in [6.45, 7) is 4.38. The van der Waals surface area contributed by atoms with Crippen LogP contribution in [0.5, 0.6) is 5.75 Å². The topological polar surface area (TPSA) is 35.5 Å². The highest BCUT2D eigenvalue weighted by Crippen LogP contribution is 2.26. The Kier molecular flexibility index (Phi) is 5.80. The van der Waals surface area contributed by atoms with Crippen LogP contribution in [0, 0.1) is 5.41 Å². The first-order valence-corrected chi connectivity index (χ1v) is 7.89. The van der Waals surface area contributed by atoms with Gasteiger partial charge in [0.15, 0.2) is 0 Å². The number of methoxy groups -OCH3 is 1. The lowest BCUT2D eigenvalue weighted by Gasteiger charge is -2.21. The third kappa shape index (κ3) is 4.85. The lowest BCUT2D eigenvalue weighted by atomic mass is 9.88. The quantitative estimate of drug-likeness (QED) is 0.548. The summed E-state index contributed by atoms with van der Waals surface area (Å²) in [6.07, 6.45) is 1.54. The molecule has 3 heteroatoms. The van der Waals surface area contributed by atoms with Crippen molar-refractivity contribution in [1.29, 1.82) is 0 Å². The zero-order chi connectivity index (χ0) is 16.7. The van der Waals surface area contributed by atoms with E-state index < -0.39 is 5.41 Å². The second-order valence-corrected chi connectivity index (χ2v) is 6.22. The van der Waals surface area contributed by atoms with Crippen molar-refractivity contribution in [3.63, 3.8) is 0 Å². The number of benzene rings is 2. The van der Waals surface area contributed by atoms with Crippen molar-refractivity contribution in [2.24, 2.45) is 5.41 Å². The van der Waals surface area contributed by atoms with Gasteiger partial charge in [-0.1, -0.05) is 42.5 Å². The number of carbonyl (C=O) groups excluding carboxylic acids is 1. The summed E-state index contributed by atoms with van der Waals surface area (Å²) in [6, 6.07) is 18.3. The van der Waals surface area contributed by atoms with E-state index in [2.05, 4.69) is 18.2 Å². The zero-order valence-electron chi connectivity index (χ0n) is 14.0. The highest BCUT2D eigenvalue weighted by Gasteiger charge is 2.27. The molecule has 0 aliphatic heterocycles. The highest BCUT2D eigenvalue weighted by atomic mass is 16.5. The van der Waals surface area contributed by atoms with Crippen molar-refractivity contribution in [3.8, 4) is 16.9 Å². The molecular weight excluding hydrogens is 288 g/mol. The molecule has 23 heavy (non-hydrogen) atoms. The second kappa shape index (κ2) is 7.82. The molecule has 0 heterocycles. The largest absolute Gasteiger partial charge is 0.494 e. The van der Waals surface area contributed by atoms with Gasteiger partial charge in [-0.3, -0.25) is 4.79 Å². The molecule has 122 valence electrons. The minimum atomic E-state index is -0.468. The average Bonchev–Trinajstić information content (AvgIpc) is 2.59. The molecule has 0 aliphatic rings. The maximum atomic E-state index is 11.6. The molecule has 0 aliphatic carbocycles. The van der Waals surface area contributed by atoms with Crippen molar-refractivity contribution >= 4 is 5.97 Å². The summed E-state index contributed by atoms with van der Waals surface area (Å²) >= 11 is 0. The second-order valence-electron chi connectivity index (χ2n) is 6.22. The number of esters is 1. The van der Waals surface area contributed by atoms with E-state index in [4.69, 9.17) is 9.47 Å². The maximum absolute atomic E-state index is 11.6. The first-order chi connectivity index (χ1) is 11.0. The smallest absolute Gasteiger partial charge is 0.311 e. The van der Waals surface area contributed by atoms with E-state index >= 15 is 0 Å². The Morgan fingerprint density at radius 1 is 1.00 bits per heavy atom. The summed E-state index contributed by atoms with van der Waals surface area (Å²) in [5, 5.41) is 0. The van der Waals surface area contributed by atoms with Crippen LogP contribution in [0.3, 0.4) is 0 Å². The molecule has 0 radical (unpaired) electrons. The van der Waals surface area contributed by atoms with Gasteiger partial charge in [0.05, 0.1) is 19.1 Å². The molecule has 0 N–H and O–H groups in total. The van der Waals surface area contributed by atoms with Gasteiger partial charge in [0.2, 0.25) is 0 Å². The van der Waals surface area contributed by atoms with Crippen LogP contribution in [0.15, 0.2) is 54.6 Å². The van der Waals surface area contributed by atoms with Crippen molar-refractivity contribution < 1.29 is 14.3 Å². The molecule has 0 saturated heterocycles. The third-order valence-corrected chi connectivity index (χ3v) is 3.89. The van der Waals surface area contributed by atoms with E-state index in [0.717, 1.165) is 24.2 Å². The molecule has 0 bridgehead atoms. The Bertz CT molecular complexity index is 632. The standard InChI is InChI=1S/C20H24O3/c1-20(2,19(21)22-3)13-8-14-23-18-12-7-11-17(15-18)16-9-5-4-6-10-16/h4-7,9-12,15H,8,13-14H2,1-3H3. The van der Waals surface area contributed by atoms with E-state index in [0.29, 0.717) is 6.61 Å². The van der Waals surface area contributed by atoms with Crippen molar-refractivity contribution in [3.05, 3.63) is 54.6 Å². The van der Waals surface area contributed by atoms with Gasteiger partial charge in [0.25, 0.3) is 0 Å². The van der Waals surface area contributed by atoms with Crippen molar-refractivity contribution in [2.75, 3.05) is 13.7 Å². The fourth-order valence-electron chi connectivity index (χ4n) is 2.48. The van der Waals surface area contributed by atoms with E-state index in [1.165, 1.54) is 12.7 Å². The zero-order valence-corrected chi connectivity index (χ0v) is 14.0. The van der Waals surface area contributed by atoms with Gasteiger partial charge in [0, 0.05) is 0 Å². The van der Waals surface area contributed by atoms with E-state index in [9.17, 15) is 4.79 Å². The first kappa shape index (κ1) is 17.1. The predicted molar refractivity (Wildman–Crippen MR) is 92.4 cm³/mol. The van der Waals surface area contributed by atoms with Crippen LogP contribution < -0.4 is 4.74 Å². The molecule has 0 amide bonds. The Morgan fingerprint density at radius 3 is 2.39 bits per heavy atom. The van der Waals surface area contributed by atoms with Crippen molar-refractivity contribution in [2.45, 2.75) is 26.7 Å². The molecule has 0 spiro atoms. The van der Waals surface area contributed by atoms with Crippen LogP contribution in [-0.2, 0) is 9.53 Å². The number of rotatable bonds is 7. The Morgan fingerprint density at radius 2 is 1.70 bits per heavy atom. The van der Waals surface area contributed by atoms with E-state index in [-0.39, 0.29) is 5.97 Å². The number of hydrogen-bond acceptors (Lipinski definition) is 3. The summed E-state index contributed by atoms with van der Waals surface area (Å²) in [5.74, 6) is 0.672. The third-order valence-electron chi connectivity index (χ3n) is 3.89. The molecule has 2 aromatic carbocycles. The van der Waals surface area contributed by atoms with Crippen LogP contribution >= 0.6 is 0 Å². The molecule has 0 aromatic heterocycles. The summed E-state index contributed by atoms with van der Waals surface area (Å²) in [5.41, 5.74) is 1.84. The van der Waals surface area contributed by atoms with Crippen LogP contribution in [-0.4, -0.2) is 19.7 Å². The molecule has 3 nitrogen and oxygen atoms in total. The van der Waals surface area contributed by atoms with Crippen LogP contribution in [0.2, 0.25) is 0 Å². The van der Waals surface area contributed by atoms with Gasteiger partial charge in [-0.05, 0) is 49.9 Å². The highest BCUT2D eigenvalue weighted by molar-refractivity contribution is 5.75. The summed E-state index contributed by atoms with van der Waals surface area (Å²) in [4.78, 5) is 11.6. The Balaban J connectivity index is 1.89. The molecule has 0 fully saturated rings. The molecular formula is C20H24O3. The van der Waals surface area contributed by atoms with Crippen LogP contribution in [0.1, 0.15) is 26.7 Å². The number of ether oxygens (including phenoxy) is 2. The monoisotopic (exact) mass is 312 g/mol. The molecule has 0 atom stereocenters. The molecule has 2 aromatic rings. The fraction of sp³-hybridized carbons (Fsp3) is 0.350. The van der Waals surface area contributed by atoms with E-state index in [1.54, 1.807) is 0 Å². The van der Waals surface area contributed by atoms with E-state index in [1.807, 2.05) is 50.2 Å². The van der Waals surface area contributed by atoms with Gasteiger partial charge in [-0.25, -0.2) is 0 Å². The average molecular weight is 312 g/mol. The molecule has 0 saturated carbocycles. The first-order valence-electron chi connectivity index (χ1n) is 7.89. The summed E-state index contributed by atoms with van der Waals surface area (Å²) in [7, 11) is 1.43. The lowest BCUT2D eigenvalue weighted by molar-refractivity contribution is -0.151. The van der Waals surface area contributed by atoms with Gasteiger partial charge in [-0.2, -0.15) is 0 Å². The van der Waals surface area contributed by atoms with Gasteiger partial charge in [0.1, 0.15) is 5.75 Å². The maximum Gasteiger partial charge on any atom is 0.311 e. The van der Waals surface area contributed by atoms with Crippen molar-refractivity contribution in [1.82, 2.24) is 0 Å². The van der Waals surface area contributed by atoms with Crippen LogP contribution in [0.25, 0.3) is 11.1 Å². The molecule has 0 unspecified atom stereocenters. The summed E-state index contributed by atoms with van der Waals surface area (Å²) < 4.78 is 10.6. The Hall–Kier alpha value is -2.29. The Labute approximate surface area is 138 Å². The molecule has 2 rings (SSSR count). The van der Waals surface area contributed by atoms with Gasteiger partial charge < -0.3 is 9.47 Å². The van der Waals surface area contributed by atoms with Gasteiger partial charge in [-0.15, -0.1) is 0 Å². The number of carbonyl (C=O) groups is 1. The van der Waals surface area contributed by atoms with Crippen LogP contribution in [0.4, 0.5) is 0 Å². The number of hydrogen-bond donors (Lipinski definition) is 0. The van der Waals surface area contributed by atoms with Gasteiger partial charge >= 0.3 is 5.97 Å². The lowest BCUT2D eigenvalue weighted by Crippen LogP contribution is -2.26.